The minimum Gasteiger partial charge on any atom is -0.542 e. The van der Waals surface area contributed by atoms with E-state index in [-0.39, 0.29) is 12.0 Å². The summed E-state index contributed by atoms with van der Waals surface area (Å²) < 4.78 is 6.98. The Morgan fingerprint density at radius 1 is 1.00 bits per heavy atom. The van der Waals surface area contributed by atoms with E-state index in [1.54, 1.807) is 0 Å². The number of carbonyl (C=O) groups is 1. The van der Waals surface area contributed by atoms with E-state index in [0.717, 1.165) is 17.0 Å². The summed E-state index contributed by atoms with van der Waals surface area (Å²) in [4.78, 5) is 13.5. The molecule has 1 aromatic carbocycles. The van der Waals surface area contributed by atoms with Crippen LogP contribution in [-0.2, 0) is 4.43 Å². The van der Waals surface area contributed by atoms with Gasteiger partial charge in [0, 0.05) is 5.56 Å². The highest BCUT2D eigenvalue weighted by Crippen LogP contribution is 2.47. The van der Waals surface area contributed by atoms with Crippen LogP contribution in [-0.4, -0.2) is 25.6 Å². The minimum absolute atomic E-state index is 0.154. The highest BCUT2D eigenvalue weighted by Gasteiger charge is 2.48. The maximum atomic E-state index is 12.0. The van der Waals surface area contributed by atoms with Crippen LogP contribution in [0.3, 0.4) is 0 Å². The molecule has 27 heavy (non-hydrogen) atoms. The van der Waals surface area contributed by atoms with E-state index < -0.39 is 14.4 Å². The number of carboxylic acid groups (broad SMARTS) is 1. The summed E-state index contributed by atoms with van der Waals surface area (Å²) in [5.74, 6) is 1.02. The second-order valence-electron chi connectivity index (χ2n) is 8.85. The number of amides is 1. The van der Waals surface area contributed by atoms with Crippen LogP contribution in [0.4, 0.5) is 10.5 Å². The standard InChI is InChI=1S/C22H35NO3Si/c1-14(2)20-13-21(26-27(15(3)4,16(5)6)17(7)8)18-11-9-10-12-19(18)23(20)22(24)25/h9-17,20H,1-8H3,(H,24,25). The second-order valence-corrected chi connectivity index (χ2v) is 14.2. The van der Waals surface area contributed by atoms with Gasteiger partial charge >= 0.3 is 6.09 Å². The van der Waals surface area contributed by atoms with Crippen molar-refractivity contribution in [3.05, 3.63) is 35.9 Å². The summed E-state index contributed by atoms with van der Waals surface area (Å²) in [6, 6.07) is 7.49. The molecule has 5 heteroatoms. The van der Waals surface area contributed by atoms with Crippen molar-refractivity contribution < 1.29 is 14.3 Å². The number of hydrogen-bond acceptors (Lipinski definition) is 2. The summed E-state index contributed by atoms with van der Waals surface area (Å²) in [6.07, 6.45) is 1.12. The molecule has 1 heterocycles. The van der Waals surface area contributed by atoms with Crippen LogP contribution >= 0.6 is 0 Å². The van der Waals surface area contributed by atoms with Gasteiger partial charge in [0.15, 0.2) is 0 Å². The highest BCUT2D eigenvalue weighted by atomic mass is 28.4. The lowest BCUT2D eigenvalue weighted by Crippen LogP contribution is -2.49. The third kappa shape index (κ3) is 3.79. The zero-order chi connectivity index (χ0) is 20.5. The first-order chi connectivity index (χ1) is 12.5. The van der Waals surface area contributed by atoms with Gasteiger partial charge in [-0.2, -0.15) is 0 Å². The molecule has 0 aliphatic carbocycles. The number of fused-ring (bicyclic) bond motifs is 1. The quantitative estimate of drug-likeness (QED) is 0.548. The van der Waals surface area contributed by atoms with E-state index in [1.807, 2.05) is 30.3 Å². The third-order valence-electron chi connectivity index (χ3n) is 5.93. The molecule has 1 aliphatic heterocycles. The molecule has 2 rings (SSSR count). The summed E-state index contributed by atoms with van der Waals surface area (Å²) in [6.45, 7) is 17.7. The second kappa shape index (κ2) is 8.09. The average Bonchev–Trinajstić information content (AvgIpc) is 2.57. The summed E-state index contributed by atoms with van der Waals surface area (Å²) in [5.41, 5.74) is 2.98. The number of hydrogen-bond donors (Lipinski definition) is 1. The lowest BCUT2D eigenvalue weighted by Gasteiger charge is -2.45. The van der Waals surface area contributed by atoms with Crippen molar-refractivity contribution in [2.75, 3.05) is 4.90 Å². The predicted molar refractivity (Wildman–Crippen MR) is 116 cm³/mol. The van der Waals surface area contributed by atoms with E-state index in [0.29, 0.717) is 16.6 Å². The van der Waals surface area contributed by atoms with Gasteiger partial charge in [-0.15, -0.1) is 0 Å². The molecule has 1 amide bonds. The number of para-hydroxylation sites is 1. The predicted octanol–water partition coefficient (Wildman–Crippen LogP) is 6.74. The Labute approximate surface area is 165 Å². The Kier molecular flexibility index (Phi) is 6.46. The first kappa shape index (κ1) is 21.5. The fourth-order valence-electron chi connectivity index (χ4n) is 4.73. The summed E-state index contributed by atoms with van der Waals surface area (Å²) in [5, 5.41) is 9.85. The van der Waals surface area contributed by atoms with Crippen LogP contribution in [0.2, 0.25) is 16.6 Å². The summed E-state index contributed by atoms with van der Waals surface area (Å²) in [7, 11) is -2.13. The van der Waals surface area contributed by atoms with E-state index in [2.05, 4.69) is 55.4 Å². The molecule has 1 atom stereocenters. The molecule has 0 bridgehead atoms. The number of nitrogens with zero attached hydrogens (tertiary/aromatic N) is 1. The first-order valence-corrected chi connectivity index (χ1v) is 12.2. The number of rotatable bonds is 6. The molecule has 0 aromatic heterocycles. The van der Waals surface area contributed by atoms with Crippen LogP contribution in [0.1, 0.15) is 61.0 Å². The first-order valence-electron chi connectivity index (χ1n) is 10.1. The molecule has 1 aliphatic rings. The monoisotopic (exact) mass is 389 g/mol. The van der Waals surface area contributed by atoms with Crippen LogP contribution in [0, 0.1) is 5.92 Å². The zero-order valence-corrected chi connectivity index (χ0v) is 19.0. The SMILES string of the molecule is CC(C)C1C=C(O[Si](C(C)C)(C(C)C)C(C)C)c2ccccc2N1C(=O)O. The molecule has 1 N–H and O–H groups in total. The van der Waals surface area contributed by atoms with E-state index in [4.69, 9.17) is 4.43 Å². The Morgan fingerprint density at radius 2 is 1.52 bits per heavy atom. The van der Waals surface area contributed by atoms with Crippen molar-refractivity contribution in [1.82, 2.24) is 0 Å². The van der Waals surface area contributed by atoms with Gasteiger partial charge in [-0.05, 0) is 40.8 Å². The van der Waals surface area contributed by atoms with Gasteiger partial charge in [-0.3, -0.25) is 4.90 Å². The fourth-order valence-corrected chi connectivity index (χ4v) is 9.99. The Hall–Kier alpha value is -1.75. The molecule has 0 fully saturated rings. The molecule has 150 valence electrons. The third-order valence-corrected chi connectivity index (χ3v) is 11.9. The van der Waals surface area contributed by atoms with Crippen molar-refractivity contribution >= 4 is 25.9 Å². The number of benzene rings is 1. The van der Waals surface area contributed by atoms with E-state index >= 15 is 0 Å². The summed E-state index contributed by atoms with van der Waals surface area (Å²) >= 11 is 0. The fraction of sp³-hybridized carbons (Fsp3) is 0.591. The van der Waals surface area contributed by atoms with E-state index in [1.165, 1.54) is 4.90 Å². The normalized spacial score (nSPS) is 17.6. The molecule has 1 unspecified atom stereocenters. The van der Waals surface area contributed by atoms with Crippen LogP contribution in [0.15, 0.2) is 30.3 Å². The largest absolute Gasteiger partial charge is 0.542 e. The van der Waals surface area contributed by atoms with E-state index in [9.17, 15) is 9.90 Å². The van der Waals surface area contributed by atoms with Gasteiger partial charge < -0.3 is 9.53 Å². The van der Waals surface area contributed by atoms with Crippen molar-refractivity contribution in [2.24, 2.45) is 5.92 Å². The molecule has 0 saturated heterocycles. The van der Waals surface area contributed by atoms with Crippen LogP contribution < -0.4 is 4.90 Å². The zero-order valence-electron chi connectivity index (χ0n) is 18.0. The molecule has 0 radical (unpaired) electrons. The number of anilines is 1. The molecule has 0 saturated carbocycles. The maximum absolute atomic E-state index is 12.0. The van der Waals surface area contributed by atoms with Gasteiger partial charge in [0.25, 0.3) is 8.32 Å². The average molecular weight is 390 g/mol. The topological polar surface area (TPSA) is 49.8 Å². The van der Waals surface area contributed by atoms with Crippen LogP contribution in [0.5, 0.6) is 0 Å². The highest BCUT2D eigenvalue weighted by molar-refractivity contribution is 6.78. The van der Waals surface area contributed by atoms with Gasteiger partial charge in [-0.1, -0.05) is 67.5 Å². The molecule has 4 nitrogen and oxygen atoms in total. The van der Waals surface area contributed by atoms with Gasteiger partial charge in [-0.25, -0.2) is 4.79 Å². The lowest BCUT2D eigenvalue weighted by atomic mass is 9.94. The Bertz CT molecular complexity index is 687. The molecular formula is C22H35NO3Si. The van der Waals surface area contributed by atoms with Gasteiger partial charge in [0.1, 0.15) is 5.76 Å². The Balaban J connectivity index is 2.64. The minimum atomic E-state index is -2.13. The maximum Gasteiger partial charge on any atom is 0.412 e. The molecular weight excluding hydrogens is 354 g/mol. The molecule has 1 aromatic rings. The van der Waals surface area contributed by atoms with Gasteiger partial charge in [0.2, 0.25) is 0 Å². The van der Waals surface area contributed by atoms with Crippen molar-refractivity contribution in [1.29, 1.82) is 0 Å². The van der Waals surface area contributed by atoms with Gasteiger partial charge in [0.05, 0.1) is 11.7 Å². The van der Waals surface area contributed by atoms with Crippen molar-refractivity contribution in [2.45, 2.75) is 78.1 Å². The Morgan fingerprint density at radius 3 is 1.96 bits per heavy atom. The van der Waals surface area contributed by atoms with Crippen LogP contribution in [0.25, 0.3) is 5.76 Å². The molecule has 0 spiro atoms. The smallest absolute Gasteiger partial charge is 0.412 e. The van der Waals surface area contributed by atoms with Crippen molar-refractivity contribution in [3.63, 3.8) is 0 Å². The van der Waals surface area contributed by atoms with Crippen molar-refractivity contribution in [3.8, 4) is 0 Å². The lowest BCUT2D eigenvalue weighted by molar-refractivity contribution is 0.198.